The molecule has 0 saturated heterocycles. The van der Waals surface area contributed by atoms with Crippen LogP contribution in [-0.4, -0.2) is 40.6 Å². The summed E-state index contributed by atoms with van der Waals surface area (Å²) in [5, 5.41) is 0. The highest BCUT2D eigenvalue weighted by molar-refractivity contribution is 6.01. The fourth-order valence-corrected chi connectivity index (χ4v) is 3.67. The average molecular weight is 453 g/mol. The molecule has 2 N–H and O–H groups in total. The van der Waals surface area contributed by atoms with E-state index in [1.807, 2.05) is 0 Å². The second-order valence-corrected chi connectivity index (χ2v) is 8.91. The van der Waals surface area contributed by atoms with Gasteiger partial charge in [-0.25, -0.2) is 0 Å². The molecule has 1 heterocycles. The zero-order valence-electron chi connectivity index (χ0n) is 19.0. The summed E-state index contributed by atoms with van der Waals surface area (Å²) >= 11 is 0. The lowest BCUT2D eigenvalue weighted by molar-refractivity contribution is -0.155. The lowest BCUT2D eigenvalue weighted by Gasteiger charge is -2.26. The predicted molar refractivity (Wildman–Crippen MR) is 121 cm³/mol. The molecule has 1 atom stereocenters. The maximum Gasteiger partial charge on any atom is 0.306 e. The van der Waals surface area contributed by atoms with Crippen molar-refractivity contribution in [3.63, 3.8) is 0 Å². The van der Waals surface area contributed by atoms with E-state index in [2.05, 4.69) is 0 Å². The first-order valence-electron chi connectivity index (χ1n) is 10.7. The van der Waals surface area contributed by atoms with Crippen LogP contribution >= 0.6 is 0 Å². The highest BCUT2D eigenvalue weighted by atomic mass is 16.6. The molecule has 0 aromatic heterocycles. The lowest BCUT2D eigenvalue weighted by atomic mass is 10.1. The first-order valence-corrected chi connectivity index (χ1v) is 10.7. The van der Waals surface area contributed by atoms with E-state index in [1.165, 1.54) is 4.90 Å². The van der Waals surface area contributed by atoms with Crippen molar-refractivity contribution in [3.8, 4) is 5.75 Å². The van der Waals surface area contributed by atoms with Gasteiger partial charge in [0, 0.05) is 23.1 Å². The first kappa shape index (κ1) is 24.0. The molecule has 1 aliphatic heterocycles. The molecular formula is C25H28N2O6. The summed E-state index contributed by atoms with van der Waals surface area (Å²) in [6.07, 6.45) is 0.807. The molecule has 33 heavy (non-hydrogen) atoms. The molecule has 2 aromatic rings. The number of nitrogens with two attached hydrogens (primary N) is 1. The first-order chi connectivity index (χ1) is 15.6. The van der Waals surface area contributed by atoms with Gasteiger partial charge in [-0.05, 0) is 44.9 Å². The van der Waals surface area contributed by atoms with Gasteiger partial charge in [0.1, 0.15) is 30.3 Å². The SMILES string of the molecule is CC(C)(C)OC(=O)CCC(C(N)=O)N1Cc2c(OCc3ccc(C=O)cc3)cccc2C1=O. The van der Waals surface area contributed by atoms with Crippen LogP contribution < -0.4 is 10.5 Å². The number of primary amides is 1. The molecule has 0 fully saturated rings. The molecule has 0 saturated carbocycles. The van der Waals surface area contributed by atoms with E-state index >= 15 is 0 Å². The Hall–Kier alpha value is -3.68. The monoisotopic (exact) mass is 452 g/mol. The van der Waals surface area contributed by atoms with E-state index in [0.717, 1.165) is 11.8 Å². The second kappa shape index (κ2) is 9.85. The topological polar surface area (TPSA) is 116 Å². The van der Waals surface area contributed by atoms with Crippen molar-refractivity contribution < 1.29 is 28.7 Å². The van der Waals surface area contributed by atoms with E-state index in [4.69, 9.17) is 15.2 Å². The number of ether oxygens (including phenoxy) is 2. The van der Waals surface area contributed by atoms with E-state index in [-0.39, 0.29) is 31.9 Å². The maximum absolute atomic E-state index is 13.0. The number of amides is 2. The van der Waals surface area contributed by atoms with Crippen LogP contribution in [0.15, 0.2) is 42.5 Å². The van der Waals surface area contributed by atoms with Crippen molar-refractivity contribution >= 4 is 24.1 Å². The minimum atomic E-state index is -0.943. The van der Waals surface area contributed by atoms with E-state index in [1.54, 1.807) is 63.2 Å². The third-order valence-corrected chi connectivity index (χ3v) is 5.21. The number of rotatable bonds is 9. The third-order valence-electron chi connectivity index (χ3n) is 5.21. The van der Waals surface area contributed by atoms with Gasteiger partial charge in [-0.2, -0.15) is 0 Å². The quantitative estimate of drug-likeness (QED) is 0.462. The standard InChI is InChI=1S/C25H28N2O6/c1-25(2,3)33-22(29)12-11-20(23(26)30)27-13-19-18(24(27)31)5-4-6-21(19)32-15-17-9-7-16(14-28)8-10-17/h4-10,14,20H,11-13,15H2,1-3H3,(H2,26,30). The molecule has 0 spiro atoms. The van der Waals surface area contributed by atoms with Gasteiger partial charge in [-0.15, -0.1) is 0 Å². The van der Waals surface area contributed by atoms with Crippen molar-refractivity contribution in [2.45, 2.75) is 58.4 Å². The highest BCUT2D eigenvalue weighted by Crippen LogP contribution is 2.33. The van der Waals surface area contributed by atoms with Crippen LogP contribution in [0.4, 0.5) is 0 Å². The largest absolute Gasteiger partial charge is 0.489 e. The van der Waals surface area contributed by atoms with Crippen molar-refractivity contribution in [2.24, 2.45) is 5.73 Å². The Balaban J connectivity index is 1.71. The molecule has 3 rings (SSSR count). The molecule has 1 aliphatic rings. The van der Waals surface area contributed by atoms with Gasteiger partial charge < -0.3 is 20.1 Å². The molecule has 174 valence electrons. The van der Waals surface area contributed by atoms with Crippen LogP contribution in [0.1, 0.15) is 65.5 Å². The molecule has 2 amide bonds. The maximum atomic E-state index is 13.0. The molecule has 2 aromatic carbocycles. The number of esters is 1. The van der Waals surface area contributed by atoms with E-state index in [0.29, 0.717) is 22.4 Å². The van der Waals surface area contributed by atoms with Crippen molar-refractivity contribution in [1.29, 1.82) is 0 Å². The van der Waals surface area contributed by atoms with Crippen molar-refractivity contribution in [2.75, 3.05) is 0 Å². The van der Waals surface area contributed by atoms with Gasteiger partial charge in [0.2, 0.25) is 5.91 Å². The normalized spacial score (nSPS) is 13.9. The number of carbonyl (C=O) groups excluding carboxylic acids is 4. The average Bonchev–Trinajstić information content (AvgIpc) is 3.08. The summed E-state index contributed by atoms with van der Waals surface area (Å²) in [5.74, 6) is -0.947. The number of aldehydes is 1. The molecule has 0 aliphatic carbocycles. The van der Waals surface area contributed by atoms with Crippen molar-refractivity contribution in [3.05, 3.63) is 64.7 Å². The molecule has 0 radical (unpaired) electrons. The summed E-state index contributed by atoms with van der Waals surface area (Å²) in [6, 6.07) is 11.2. The Bertz CT molecular complexity index is 1060. The highest BCUT2D eigenvalue weighted by Gasteiger charge is 2.37. The van der Waals surface area contributed by atoms with Gasteiger partial charge in [-0.1, -0.05) is 30.3 Å². The van der Waals surface area contributed by atoms with E-state index < -0.39 is 23.5 Å². The zero-order valence-corrected chi connectivity index (χ0v) is 19.0. The van der Waals surface area contributed by atoms with Gasteiger partial charge in [0.05, 0.1) is 6.54 Å². The number of hydrogen-bond acceptors (Lipinski definition) is 6. The fraction of sp³-hybridized carbons (Fsp3) is 0.360. The van der Waals surface area contributed by atoms with Crippen LogP contribution in [0.3, 0.4) is 0 Å². The molecule has 8 heteroatoms. The Morgan fingerprint density at radius 3 is 2.45 bits per heavy atom. The minimum Gasteiger partial charge on any atom is -0.489 e. The summed E-state index contributed by atoms with van der Waals surface area (Å²) in [4.78, 5) is 49.5. The molecule has 0 bridgehead atoms. The van der Waals surface area contributed by atoms with Crippen LogP contribution in [0, 0.1) is 0 Å². The van der Waals surface area contributed by atoms with Crippen LogP contribution in [0.2, 0.25) is 0 Å². The van der Waals surface area contributed by atoms with Gasteiger partial charge in [0.25, 0.3) is 5.91 Å². The molecular weight excluding hydrogens is 424 g/mol. The number of carbonyl (C=O) groups is 4. The Morgan fingerprint density at radius 2 is 1.85 bits per heavy atom. The van der Waals surface area contributed by atoms with Crippen LogP contribution in [-0.2, 0) is 27.5 Å². The zero-order chi connectivity index (χ0) is 24.2. The summed E-state index contributed by atoms with van der Waals surface area (Å²) < 4.78 is 11.2. The fourth-order valence-electron chi connectivity index (χ4n) is 3.67. The Kier molecular flexibility index (Phi) is 7.16. The van der Waals surface area contributed by atoms with Crippen LogP contribution in [0.5, 0.6) is 5.75 Å². The second-order valence-electron chi connectivity index (χ2n) is 8.91. The van der Waals surface area contributed by atoms with Gasteiger partial charge in [-0.3, -0.25) is 19.2 Å². The van der Waals surface area contributed by atoms with Crippen molar-refractivity contribution in [1.82, 2.24) is 4.90 Å². The number of fused-ring (bicyclic) bond motifs is 1. The van der Waals surface area contributed by atoms with Gasteiger partial charge >= 0.3 is 5.97 Å². The minimum absolute atomic E-state index is 0.0366. The summed E-state index contributed by atoms with van der Waals surface area (Å²) in [6.45, 7) is 5.68. The lowest BCUT2D eigenvalue weighted by Crippen LogP contribution is -2.45. The van der Waals surface area contributed by atoms with Gasteiger partial charge in [0.15, 0.2) is 0 Å². The van der Waals surface area contributed by atoms with E-state index in [9.17, 15) is 19.2 Å². The van der Waals surface area contributed by atoms with Crippen LogP contribution in [0.25, 0.3) is 0 Å². The number of nitrogens with zero attached hydrogens (tertiary/aromatic N) is 1. The summed E-state index contributed by atoms with van der Waals surface area (Å²) in [7, 11) is 0. The molecule has 1 unspecified atom stereocenters. The summed E-state index contributed by atoms with van der Waals surface area (Å²) in [5.41, 5.74) is 7.48. The Labute approximate surface area is 192 Å². The smallest absolute Gasteiger partial charge is 0.306 e. The number of benzene rings is 2. The predicted octanol–water partition coefficient (Wildman–Crippen LogP) is 3.01. The Morgan fingerprint density at radius 1 is 1.15 bits per heavy atom. The molecule has 8 nitrogen and oxygen atoms in total. The third kappa shape index (κ3) is 5.97. The number of hydrogen-bond donors (Lipinski definition) is 1.